The van der Waals surface area contributed by atoms with Crippen molar-refractivity contribution in [3.63, 3.8) is 0 Å². The van der Waals surface area contributed by atoms with Crippen molar-refractivity contribution < 1.29 is 19.5 Å². The van der Waals surface area contributed by atoms with E-state index in [4.69, 9.17) is 9.94 Å². The number of amides is 2. The van der Waals surface area contributed by atoms with E-state index in [2.05, 4.69) is 22.2 Å². The highest BCUT2D eigenvalue weighted by molar-refractivity contribution is 7.17. The first-order valence-corrected chi connectivity index (χ1v) is 10.6. The summed E-state index contributed by atoms with van der Waals surface area (Å²) in [7, 11) is 1.68. The van der Waals surface area contributed by atoms with Crippen molar-refractivity contribution in [1.82, 2.24) is 15.3 Å². The molecule has 3 rings (SSSR count). The summed E-state index contributed by atoms with van der Waals surface area (Å²) in [5.41, 5.74) is 4.03. The molecule has 3 N–H and O–H groups in total. The van der Waals surface area contributed by atoms with Crippen LogP contribution in [0.5, 0.6) is 0 Å². The molecule has 0 atom stereocenters. The van der Waals surface area contributed by atoms with Gasteiger partial charge in [0.15, 0.2) is 0 Å². The first kappa shape index (κ1) is 22.5. The zero-order valence-corrected chi connectivity index (χ0v) is 18.2. The molecule has 9 nitrogen and oxygen atoms in total. The number of rotatable bonds is 10. The number of benzene rings is 1. The Bertz CT molecular complexity index is 1010. The molecule has 0 saturated carbocycles. The third-order valence-corrected chi connectivity index (χ3v) is 5.70. The number of hydrogen-bond acceptors (Lipinski definition) is 7. The van der Waals surface area contributed by atoms with Gasteiger partial charge in [0.2, 0.25) is 5.91 Å². The summed E-state index contributed by atoms with van der Waals surface area (Å²) in [5, 5.41) is 16.0. The summed E-state index contributed by atoms with van der Waals surface area (Å²) in [6, 6.07) is 12.8. The Labute approximate surface area is 184 Å². The number of aromatic nitrogens is 2. The summed E-state index contributed by atoms with van der Waals surface area (Å²) in [5.74, 6) is -0.762. The van der Waals surface area contributed by atoms with Crippen molar-refractivity contribution in [2.45, 2.75) is 13.5 Å². The van der Waals surface area contributed by atoms with Crippen LogP contribution >= 0.6 is 11.3 Å². The molecule has 0 saturated heterocycles. The fourth-order valence-electron chi connectivity index (χ4n) is 3.01. The highest BCUT2D eigenvalue weighted by atomic mass is 32.1. The van der Waals surface area contributed by atoms with E-state index in [0.717, 1.165) is 23.7 Å². The maximum atomic E-state index is 12.4. The minimum Gasteiger partial charge on any atom is -0.383 e. The Balaban J connectivity index is 1.57. The van der Waals surface area contributed by atoms with Gasteiger partial charge in [0, 0.05) is 37.8 Å². The van der Waals surface area contributed by atoms with E-state index in [1.165, 1.54) is 16.0 Å². The number of thiophene rings is 1. The molecule has 2 aromatic heterocycles. The van der Waals surface area contributed by atoms with Crippen LogP contribution in [0.3, 0.4) is 0 Å². The monoisotopic (exact) mass is 443 g/mol. The van der Waals surface area contributed by atoms with E-state index < -0.39 is 5.91 Å². The Morgan fingerprint density at radius 3 is 2.65 bits per heavy atom. The second-order valence-electron chi connectivity index (χ2n) is 6.67. The van der Waals surface area contributed by atoms with Gasteiger partial charge in [-0.05, 0) is 49.4 Å². The highest BCUT2D eigenvalue weighted by Gasteiger charge is 2.12. The molecule has 1 aromatic carbocycles. The van der Waals surface area contributed by atoms with Gasteiger partial charge in [0.05, 0.1) is 16.4 Å². The van der Waals surface area contributed by atoms with Gasteiger partial charge in [-0.1, -0.05) is 0 Å². The molecule has 0 bridgehead atoms. The number of hydroxylamine groups is 1. The van der Waals surface area contributed by atoms with E-state index >= 15 is 0 Å². The molecular weight excluding hydrogens is 418 g/mol. The number of carbonyl (C=O) groups is 2. The van der Waals surface area contributed by atoms with Crippen LogP contribution in [0.15, 0.2) is 48.7 Å². The summed E-state index contributed by atoms with van der Waals surface area (Å²) >= 11 is 1.20. The van der Waals surface area contributed by atoms with Crippen LogP contribution in [0.2, 0.25) is 0 Å². The van der Waals surface area contributed by atoms with Crippen LogP contribution in [0.25, 0.3) is 10.6 Å². The maximum Gasteiger partial charge on any atom is 0.284 e. The molecule has 0 aliphatic carbocycles. The number of likely N-dealkylation sites (N-methyl/N-ethyl adjacent to an activating group) is 1. The molecule has 2 heterocycles. The largest absolute Gasteiger partial charge is 0.383 e. The fourth-order valence-corrected chi connectivity index (χ4v) is 3.87. The van der Waals surface area contributed by atoms with Crippen LogP contribution in [0, 0.1) is 0 Å². The second kappa shape index (κ2) is 10.7. The van der Waals surface area contributed by atoms with Crippen molar-refractivity contribution in [2.75, 3.05) is 37.0 Å². The summed E-state index contributed by atoms with van der Waals surface area (Å²) in [6.07, 6.45) is 1.71. The Morgan fingerprint density at radius 2 is 1.97 bits per heavy atom. The molecule has 0 radical (unpaired) electrons. The summed E-state index contributed by atoms with van der Waals surface area (Å²) in [6.45, 7) is 4.47. The van der Waals surface area contributed by atoms with Gasteiger partial charge >= 0.3 is 0 Å². The fraction of sp³-hybridized carbons (Fsp3) is 0.286. The van der Waals surface area contributed by atoms with E-state index in [0.29, 0.717) is 22.9 Å². The molecule has 31 heavy (non-hydrogen) atoms. The van der Waals surface area contributed by atoms with Crippen molar-refractivity contribution >= 4 is 34.5 Å². The molecule has 0 fully saturated rings. The molecule has 164 valence electrons. The third-order valence-electron chi connectivity index (χ3n) is 4.59. The van der Waals surface area contributed by atoms with Crippen LogP contribution < -0.4 is 15.7 Å². The topological polar surface area (TPSA) is 109 Å². The molecule has 0 spiro atoms. The van der Waals surface area contributed by atoms with Gasteiger partial charge in [-0.3, -0.25) is 19.5 Å². The van der Waals surface area contributed by atoms with Gasteiger partial charge in [0.25, 0.3) is 5.91 Å². The lowest BCUT2D eigenvalue weighted by molar-refractivity contribution is -0.116. The molecular formula is C21H25N5O4S. The number of carbonyl (C=O) groups excluding carboxylic acids is 2. The first-order valence-electron chi connectivity index (χ1n) is 9.76. The normalized spacial score (nSPS) is 10.7. The third kappa shape index (κ3) is 5.91. The van der Waals surface area contributed by atoms with Gasteiger partial charge in [-0.2, -0.15) is 5.10 Å². The minimum absolute atomic E-state index is 0.0615. The molecule has 0 unspecified atom stereocenters. The predicted molar refractivity (Wildman–Crippen MR) is 120 cm³/mol. The van der Waals surface area contributed by atoms with Crippen LogP contribution in [0.1, 0.15) is 16.6 Å². The summed E-state index contributed by atoms with van der Waals surface area (Å²) < 4.78 is 6.68. The SMILES string of the molecule is CCN(CCOC)c1ccc(NC(=O)Cn2ccc(-c3ccc(C(=O)NO)s3)n2)cc1. The van der Waals surface area contributed by atoms with Gasteiger partial charge in [-0.25, -0.2) is 5.48 Å². The average Bonchev–Trinajstić information content (AvgIpc) is 3.44. The van der Waals surface area contributed by atoms with Crippen LogP contribution in [-0.4, -0.2) is 53.6 Å². The number of nitrogens with zero attached hydrogens (tertiary/aromatic N) is 3. The number of hydrogen-bond donors (Lipinski definition) is 3. The number of ether oxygens (including phenoxy) is 1. The van der Waals surface area contributed by atoms with Crippen LogP contribution in [0.4, 0.5) is 11.4 Å². The van der Waals surface area contributed by atoms with Crippen molar-refractivity contribution in [3.05, 3.63) is 53.5 Å². The molecule has 3 aromatic rings. The van der Waals surface area contributed by atoms with E-state index in [1.807, 2.05) is 24.3 Å². The van der Waals surface area contributed by atoms with E-state index in [9.17, 15) is 9.59 Å². The van der Waals surface area contributed by atoms with Crippen molar-refractivity contribution in [1.29, 1.82) is 0 Å². The molecule has 0 aliphatic heterocycles. The first-order chi connectivity index (χ1) is 15.0. The van der Waals surface area contributed by atoms with E-state index in [-0.39, 0.29) is 12.5 Å². The van der Waals surface area contributed by atoms with Crippen molar-refractivity contribution in [3.8, 4) is 10.6 Å². The standard InChI is InChI=1S/C21H25N5O4S/c1-3-25(12-13-30-2)16-6-4-15(5-7-16)22-20(27)14-26-11-10-17(23-26)18-8-9-19(31-18)21(28)24-29/h4-11,29H,3,12-14H2,1-2H3,(H,22,27)(H,24,28). The minimum atomic E-state index is -0.568. The smallest absolute Gasteiger partial charge is 0.284 e. The quantitative estimate of drug-likeness (QED) is 0.328. The Morgan fingerprint density at radius 1 is 1.19 bits per heavy atom. The van der Waals surface area contributed by atoms with E-state index in [1.54, 1.807) is 37.0 Å². The zero-order chi connectivity index (χ0) is 22.2. The lowest BCUT2D eigenvalue weighted by Crippen LogP contribution is -2.26. The second-order valence-corrected chi connectivity index (χ2v) is 7.75. The predicted octanol–water partition coefficient (Wildman–Crippen LogP) is 2.84. The van der Waals surface area contributed by atoms with Gasteiger partial charge in [0.1, 0.15) is 12.2 Å². The summed E-state index contributed by atoms with van der Waals surface area (Å²) in [4.78, 5) is 27.2. The lowest BCUT2D eigenvalue weighted by atomic mass is 10.2. The molecule has 0 aliphatic rings. The zero-order valence-electron chi connectivity index (χ0n) is 17.4. The van der Waals surface area contributed by atoms with Gasteiger partial charge in [-0.15, -0.1) is 11.3 Å². The number of nitrogens with one attached hydrogen (secondary N) is 2. The lowest BCUT2D eigenvalue weighted by Gasteiger charge is -2.22. The Kier molecular flexibility index (Phi) is 7.76. The van der Waals surface area contributed by atoms with Gasteiger partial charge < -0.3 is 15.0 Å². The van der Waals surface area contributed by atoms with Crippen molar-refractivity contribution in [2.24, 2.45) is 0 Å². The number of anilines is 2. The highest BCUT2D eigenvalue weighted by Crippen LogP contribution is 2.26. The Hall–Kier alpha value is -3.21. The molecule has 10 heteroatoms. The molecule has 2 amide bonds. The maximum absolute atomic E-state index is 12.4. The van der Waals surface area contributed by atoms with Crippen LogP contribution in [-0.2, 0) is 16.1 Å². The average molecular weight is 444 g/mol. The number of methoxy groups -OCH3 is 1.